The van der Waals surface area contributed by atoms with E-state index in [2.05, 4.69) is 36.2 Å². The number of nitrogens with zero attached hydrogens (tertiary/aromatic N) is 1. The zero-order valence-corrected chi connectivity index (χ0v) is 10.9. The van der Waals surface area contributed by atoms with Gasteiger partial charge in [0.25, 0.3) is 0 Å². The second kappa shape index (κ2) is 4.36. The molecule has 1 aliphatic rings. The lowest BCUT2D eigenvalue weighted by molar-refractivity contribution is 0.424. The fraction of sp³-hybridized carbons (Fsp3) is 0.438. The Hall–Kier alpha value is -1.41. The molecule has 0 radical (unpaired) electrons. The molecular formula is C16H20N2. The first-order valence-corrected chi connectivity index (χ1v) is 6.85. The lowest BCUT2D eigenvalue weighted by atomic mass is 9.87. The molecule has 2 aromatic rings. The van der Waals surface area contributed by atoms with Crippen molar-refractivity contribution in [3.63, 3.8) is 0 Å². The molecule has 1 aromatic heterocycles. The molecule has 1 aliphatic carbocycles. The lowest BCUT2D eigenvalue weighted by Gasteiger charge is -2.25. The van der Waals surface area contributed by atoms with Gasteiger partial charge in [-0.1, -0.05) is 31.5 Å². The van der Waals surface area contributed by atoms with Crippen LogP contribution in [0, 0.1) is 5.92 Å². The minimum absolute atomic E-state index is 0.133. The molecule has 2 unspecified atom stereocenters. The fourth-order valence-corrected chi connectivity index (χ4v) is 3.17. The van der Waals surface area contributed by atoms with Crippen LogP contribution in [0.15, 0.2) is 36.5 Å². The van der Waals surface area contributed by atoms with Gasteiger partial charge in [-0.25, -0.2) is 0 Å². The largest absolute Gasteiger partial charge is 0.321 e. The van der Waals surface area contributed by atoms with Crippen LogP contribution in [-0.4, -0.2) is 4.98 Å². The molecule has 2 nitrogen and oxygen atoms in total. The van der Waals surface area contributed by atoms with Gasteiger partial charge < -0.3 is 5.73 Å². The third kappa shape index (κ3) is 1.91. The summed E-state index contributed by atoms with van der Waals surface area (Å²) in [6, 6.07) is 10.6. The van der Waals surface area contributed by atoms with Gasteiger partial charge in [0.2, 0.25) is 0 Å². The topological polar surface area (TPSA) is 38.9 Å². The number of pyridine rings is 1. The van der Waals surface area contributed by atoms with Gasteiger partial charge in [0.1, 0.15) is 0 Å². The molecule has 0 saturated heterocycles. The molecule has 94 valence electrons. The molecule has 2 N–H and O–H groups in total. The van der Waals surface area contributed by atoms with Crippen LogP contribution in [0.5, 0.6) is 0 Å². The van der Waals surface area contributed by atoms with E-state index in [0.717, 1.165) is 24.3 Å². The van der Waals surface area contributed by atoms with Crippen LogP contribution in [0.3, 0.4) is 0 Å². The maximum absolute atomic E-state index is 6.61. The van der Waals surface area contributed by atoms with E-state index in [-0.39, 0.29) is 5.54 Å². The molecule has 0 amide bonds. The molecule has 0 spiro atoms. The highest BCUT2D eigenvalue weighted by Gasteiger charge is 2.36. The standard InChI is InChI=1S/C16H20N2/c1-2-12-7-8-16(17,11-12)14-6-5-13-4-3-9-18-15(13)10-14/h3-6,9-10,12H,2,7-8,11,17H2,1H3. The molecule has 1 heterocycles. The summed E-state index contributed by atoms with van der Waals surface area (Å²) in [7, 11) is 0. The minimum Gasteiger partial charge on any atom is -0.321 e. The molecule has 1 saturated carbocycles. The van der Waals surface area contributed by atoms with Crippen molar-refractivity contribution in [2.75, 3.05) is 0 Å². The van der Waals surface area contributed by atoms with Gasteiger partial charge in [0.15, 0.2) is 0 Å². The molecule has 2 heteroatoms. The molecule has 1 fully saturated rings. The van der Waals surface area contributed by atoms with Crippen molar-refractivity contribution in [3.05, 3.63) is 42.1 Å². The maximum atomic E-state index is 6.61. The lowest BCUT2D eigenvalue weighted by Crippen LogP contribution is -2.33. The summed E-state index contributed by atoms with van der Waals surface area (Å²) in [5.74, 6) is 0.787. The van der Waals surface area contributed by atoms with Crippen LogP contribution in [0.1, 0.15) is 38.2 Å². The normalized spacial score (nSPS) is 27.8. The molecular weight excluding hydrogens is 220 g/mol. The summed E-state index contributed by atoms with van der Waals surface area (Å²) in [5, 5.41) is 1.19. The van der Waals surface area contributed by atoms with E-state index >= 15 is 0 Å². The number of rotatable bonds is 2. The number of nitrogens with two attached hydrogens (primary N) is 1. The Labute approximate surface area is 108 Å². The third-order valence-corrected chi connectivity index (χ3v) is 4.41. The average molecular weight is 240 g/mol. The highest BCUT2D eigenvalue weighted by atomic mass is 14.8. The quantitative estimate of drug-likeness (QED) is 0.871. The van der Waals surface area contributed by atoms with Crippen LogP contribution >= 0.6 is 0 Å². The molecule has 2 atom stereocenters. The monoisotopic (exact) mass is 240 g/mol. The van der Waals surface area contributed by atoms with Crippen molar-refractivity contribution in [1.29, 1.82) is 0 Å². The smallest absolute Gasteiger partial charge is 0.0705 e. The van der Waals surface area contributed by atoms with Gasteiger partial charge in [0.05, 0.1) is 5.52 Å². The zero-order chi connectivity index (χ0) is 12.6. The summed E-state index contributed by atoms with van der Waals surface area (Å²) in [5.41, 5.74) is 8.79. The summed E-state index contributed by atoms with van der Waals surface area (Å²) in [6.07, 6.45) is 6.56. The van der Waals surface area contributed by atoms with E-state index in [9.17, 15) is 0 Å². The molecule has 3 rings (SSSR count). The molecule has 0 aliphatic heterocycles. The second-order valence-electron chi connectivity index (χ2n) is 5.58. The third-order valence-electron chi connectivity index (χ3n) is 4.41. The van der Waals surface area contributed by atoms with Gasteiger partial charge in [-0.05, 0) is 42.9 Å². The van der Waals surface area contributed by atoms with E-state index in [0.29, 0.717) is 0 Å². The predicted molar refractivity (Wildman–Crippen MR) is 75.2 cm³/mol. The summed E-state index contributed by atoms with van der Waals surface area (Å²) < 4.78 is 0. The Kier molecular flexibility index (Phi) is 2.83. The van der Waals surface area contributed by atoms with Crippen molar-refractivity contribution in [1.82, 2.24) is 4.98 Å². The Morgan fingerprint density at radius 1 is 1.39 bits per heavy atom. The Morgan fingerprint density at radius 2 is 2.28 bits per heavy atom. The van der Waals surface area contributed by atoms with Crippen LogP contribution in [0.2, 0.25) is 0 Å². The van der Waals surface area contributed by atoms with Crippen molar-refractivity contribution in [2.24, 2.45) is 11.7 Å². The first kappa shape index (κ1) is 11.7. The number of hydrogen-bond donors (Lipinski definition) is 1. The van der Waals surface area contributed by atoms with Gasteiger partial charge in [-0.15, -0.1) is 0 Å². The number of aromatic nitrogens is 1. The van der Waals surface area contributed by atoms with Gasteiger partial charge in [-0.3, -0.25) is 4.98 Å². The Morgan fingerprint density at radius 3 is 3.06 bits per heavy atom. The number of hydrogen-bond acceptors (Lipinski definition) is 2. The van der Waals surface area contributed by atoms with Crippen LogP contribution in [0.4, 0.5) is 0 Å². The predicted octanol–water partition coefficient (Wildman–Crippen LogP) is 3.60. The Bertz CT molecular complexity index is 564. The summed E-state index contributed by atoms with van der Waals surface area (Å²) in [4.78, 5) is 4.43. The summed E-state index contributed by atoms with van der Waals surface area (Å²) in [6.45, 7) is 2.26. The highest BCUT2D eigenvalue weighted by Crippen LogP contribution is 2.41. The average Bonchev–Trinajstić information content (AvgIpc) is 2.81. The van der Waals surface area contributed by atoms with Crippen LogP contribution in [-0.2, 0) is 5.54 Å². The second-order valence-corrected chi connectivity index (χ2v) is 5.58. The fourth-order valence-electron chi connectivity index (χ4n) is 3.17. The van der Waals surface area contributed by atoms with E-state index in [1.165, 1.54) is 23.8 Å². The maximum Gasteiger partial charge on any atom is 0.0705 e. The number of benzene rings is 1. The Balaban J connectivity index is 1.99. The molecule has 1 aromatic carbocycles. The van der Waals surface area contributed by atoms with E-state index in [1.807, 2.05) is 12.3 Å². The number of fused-ring (bicyclic) bond motifs is 1. The van der Waals surface area contributed by atoms with Crippen molar-refractivity contribution < 1.29 is 0 Å². The van der Waals surface area contributed by atoms with Gasteiger partial charge >= 0.3 is 0 Å². The highest BCUT2D eigenvalue weighted by molar-refractivity contribution is 5.79. The van der Waals surface area contributed by atoms with Crippen molar-refractivity contribution in [3.8, 4) is 0 Å². The first-order chi connectivity index (χ1) is 8.71. The zero-order valence-electron chi connectivity index (χ0n) is 10.9. The van der Waals surface area contributed by atoms with Crippen LogP contribution < -0.4 is 5.73 Å². The molecule has 18 heavy (non-hydrogen) atoms. The van der Waals surface area contributed by atoms with E-state index in [1.54, 1.807) is 0 Å². The van der Waals surface area contributed by atoms with Gasteiger partial charge in [0, 0.05) is 17.1 Å². The van der Waals surface area contributed by atoms with Gasteiger partial charge in [-0.2, -0.15) is 0 Å². The summed E-state index contributed by atoms with van der Waals surface area (Å²) >= 11 is 0. The first-order valence-electron chi connectivity index (χ1n) is 6.85. The molecule has 0 bridgehead atoms. The van der Waals surface area contributed by atoms with Crippen molar-refractivity contribution >= 4 is 10.9 Å². The van der Waals surface area contributed by atoms with E-state index < -0.39 is 0 Å². The van der Waals surface area contributed by atoms with Crippen molar-refractivity contribution in [2.45, 2.75) is 38.1 Å². The van der Waals surface area contributed by atoms with Crippen LogP contribution in [0.25, 0.3) is 10.9 Å². The minimum atomic E-state index is -0.133. The van der Waals surface area contributed by atoms with E-state index in [4.69, 9.17) is 5.73 Å². The SMILES string of the molecule is CCC1CCC(N)(c2ccc3cccnc3c2)C1.